The SMILES string of the molecule is CCOc1ccc(OCC(=O)NCC2(c3ccc(F)cc3F)CC2C)cc1. The second kappa shape index (κ2) is 7.94. The molecule has 0 heterocycles. The van der Waals surface area contributed by atoms with Crippen LogP contribution in [0.3, 0.4) is 0 Å². The van der Waals surface area contributed by atoms with Gasteiger partial charge in [-0.1, -0.05) is 13.0 Å². The van der Waals surface area contributed by atoms with Gasteiger partial charge in [0.25, 0.3) is 5.91 Å². The Morgan fingerprint density at radius 3 is 2.33 bits per heavy atom. The van der Waals surface area contributed by atoms with E-state index in [0.29, 0.717) is 24.5 Å². The summed E-state index contributed by atoms with van der Waals surface area (Å²) in [5, 5.41) is 2.81. The minimum absolute atomic E-state index is 0.135. The van der Waals surface area contributed by atoms with Crippen LogP contribution in [0.1, 0.15) is 25.8 Å². The fourth-order valence-corrected chi connectivity index (χ4v) is 3.35. The molecular formula is C21H23F2NO3. The first-order valence-electron chi connectivity index (χ1n) is 9.02. The molecule has 1 fully saturated rings. The van der Waals surface area contributed by atoms with Crippen LogP contribution in [0.15, 0.2) is 42.5 Å². The second-order valence-corrected chi connectivity index (χ2v) is 6.86. The molecule has 0 spiro atoms. The molecule has 1 N–H and O–H groups in total. The van der Waals surface area contributed by atoms with Crippen molar-refractivity contribution in [3.05, 3.63) is 59.7 Å². The van der Waals surface area contributed by atoms with Crippen molar-refractivity contribution in [2.75, 3.05) is 19.8 Å². The normalized spacial score (nSPS) is 20.8. The van der Waals surface area contributed by atoms with Gasteiger partial charge in [-0.05, 0) is 55.2 Å². The van der Waals surface area contributed by atoms with Crippen LogP contribution in [0.4, 0.5) is 8.78 Å². The summed E-state index contributed by atoms with van der Waals surface area (Å²) in [6, 6.07) is 10.6. The van der Waals surface area contributed by atoms with E-state index in [4.69, 9.17) is 9.47 Å². The number of nitrogens with one attached hydrogen (secondary N) is 1. The maximum Gasteiger partial charge on any atom is 0.257 e. The van der Waals surface area contributed by atoms with E-state index in [0.717, 1.165) is 18.2 Å². The lowest BCUT2D eigenvalue weighted by atomic mass is 9.92. The predicted molar refractivity (Wildman–Crippen MR) is 97.9 cm³/mol. The molecule has 0 aromatic heterocycles. The summed E-state index contributed by atoms with van der Waals surface area (Å²) in [6.07, 6.45) is 0.746. The van der Waals surface area contributed by atoms with Crippen molar-refractivity contribution in [2.45, 2.75) is 25.7 Å². The van der Waals surface area contributed by atoms with Crippen LogP contribution in [0, 0.1) is 17.6 Å². The lowest BCUT2D eigenvalue weighted by Gasteiger charge is -2.19. The van der Waals surface area contributed by atoms with Gasteiger partial charge in [-0.15, -0.1) is 0 Å². The molecule has 2 unspecified atom stereocenters. The smallest absolute Gasteiger partial charge is 0.257 e. The number of halogens is 2. The molecule has 1 aliphatic rings. The first-order valence-corrected chi connectivity index (χ1v) is 9.02. The Morgan fingerprint density at radius 2 is 1.78 bits per heavy atom. The van der Waals surface area contributed by atoms with E-state index in [1.807, 2.05) is 13.8 Å². The fraction of sp³-hybridized carbons (Fsp3) is 0.381. The molecule has 4 nitrogen and oxygen atoms in total. The highest BCUT2D eigenvalue weighted by atomic mass is 19.1. The quantitative estimate of drug-likeness (QED) is 0.763. The lowest BCUT2D eigenvalue weighted by molar-refractivity contribution is -0.123. The van der Waals surface area contributed by atoms with Gasteiger partial charge in [-0.25, -0.2) is 8.78 Å². The van der Waals surface area contributed by atoms with Crippen molar-refractivity contribution in [3.63, 3.8) is 0 Å². The molecule has 2 aromatic rings. The van der Waals surface area contributed by atoms with Crippen LogP contribution in [0.25, 0.3) is 0 Å². The van der Waals surface area contributed by atoms with Gasteiger partial charge in [0.15, 0.2) is 6.61 Å². The minimum Gasteiger partial charge on any atom is -0.494 e. The van der Waals surface area contributed by atoms with Gasteiger partial charge >= 0.3 is 0 Å². The Hall–Kier alpha value is -2.63. The molecule has 1 saturated carbocycles. The van der Waals surface area contributed by atoms with Crippen molar-refractivity contribution in [1.29, 1.82) is 0 Å². The maximum absolute atomic E-state index is 14.2. The van der Waals surface area contributed by atoms with Crippen LogP contribution in [0.5, 0.6) is 11.5 Å². The molecule has 0 bridgehead atoms. The van der Waals surface area contributed by atoms with Gasteiger partial charge < -0.3 is 14.8 Å². The second-order valence-electron chi connectivity index (χ2n) is 6.86. The molecule has 27 heavy (non-hydrogen) atoms. The highest BCUT2D eigenvalue weighted by Gasteiger charge is 2.53. The Kier molecular flexibility index (Phi) is 5.63. The summed E-state index contributed by atoms with van der Waals surface area (Å²) in [7, 11) is 0. The number of ether oxygens (including phenoxy) is 2. The third kappa shape index (κ3) is 4.38. The third-order valence-electron chi connectivity index (χ3n) is 5.03. The van der Waals surface area contributed by atoms with E-state index in [1.165, 1.54) is 12.1 Å². The number of rotatable bonds is 8. The monoisotopic (exact) mass is 375 g/mol. The predicted octanol–water partition coefficient (Wildman–Crippen LogP) is 3.84. The Bertz CT molecular complexity index is 810. The molecule has 6 heteroatoms. The van der Waals surface area contributed by atoms with Crippen molar-refractivity contribution in [2.24, 2.45) is 5.92 Å². The summed E-state index contributed by atoms with van der Waals surface area (Å²) >= 11 is 0. The molecule has 0 saturated heterocycles. The van der Waals surface area contributed by atoms with Gasteiger partial charge in [0, 0.05) is 18.0 Å². The largest absolute Gasteiger partial charge is 0.494 e. The first-order chi connectivity index (χ1) is 12.9. The van der Waals surface area contributed by atoms with E-state index in [2.05, 4.69) is 5.32 Å². The first kappa shape index (κ1) is 19.1. The zero-order valence-electron chi connectivity index (χ0n) is 15.4. The van der Waals surface area contributed by atoms with E-state index in [9.17, 15) is 13.6 Å². The average molecular weight is 375 g/mol. The van der Waals surface area contributed by atoms with Gasteiger partial charge in [0.05, 0.1) is 6.61 Å². The number of amides is 1. The Morgan fingerprint density at radius 1 is 1.15 bits per heavy atom. The van der Waals surface area contributed by atoms with Crippen molar-refractivity contribution in [1.82, 2.24) is 5.32 Å². The maximum atomic E-state index is 14.2. The Labute approximate surface area is 157 Å². The number of carbonyl (C=O) groups is 1. The topological polar surface area (TPSA) is 47.6 Å². The number of hydrogen-bond donors (Lipinski definition) is 1. The van der Waals surface area contributed by atoms with Crippen molar-refractivity contribution >= 4 is 5.91 Å². The zero-order chi connectivity index (χ0) is 19.4. The van der Waals surface area contributed by atoms with Crippen molar-refractivity contribution in [3.8, 4) is 11.5 Å². The summed E-state index contributed by atoms with van der Waals surface area (Å²) in [6.45, 7) is 4.63. The van der Waals surface area contributed by atoms with Crippen LogP contribution >= 0.6 is 0 Å². The summed E-state index contributed by atoms with van der Waals surface area (Å²) in [5.41, 5.74) is -0.0313. The van der Waals surface area contributed by atoms with Gasteiger partial charge in [0.1, 0.15) is 23.1 Å². The lowest BCUT2D eigenvalue weighted by Crippen LogP contribution is -2.36. The van der Waals surface area contributed by atoms with Gasteiger partial charge in [-0.2, -0.15) is 0 Å². The highest BCUT2D eigenvalue weighted by Crippen LogP contribution is 2.54. The van der Waals surface area contributed by atoms with E-state index in [-0.39, 0.29) is 18.4 Å². The Balaban J connectivity index is 1.53. The van der Waals surface area contributed by atoms with Crippen LogP contribution in [-0.4, -0.2) is 25.7 Å². The molecule has 2 aromatic carbocycles. The standard InChI is InChI=1S/C21H23F2NO3/c1-3-26-16-5-7-17(8-6-16)27-12-20(25)24-13-21(11-14(21)2)18-9-4-15(22)10-19(18)23/h4-10,14H,3,11-13H2,1-2H3,(H,24,25). The van der Waals surface area contributed by atoms with Gasteiger partial charge in [0.2, 0.25) is 0 Å². The molecule has 0 radical (unpaired) electrons. The number of carbonyl (C=O) groups excluding carboxylic acids is 1. The summed E-state index contributed by atoms with van der Waals surface area (Å²) < 4.78 is 38.1. The van der Waals surface area contributed by atoms with E-state index in [1.54, 1.807) is 24.3 Å². The highest BCUT2D eigenvalue weighted by molar-refractivity contribution is 5.77. The number of benzene rings is 2. The third-order valence-corrected chi connectivity index (χ3v) is 5.03. The fourth-order valence-electron chi connectivity index (χ4n) is 3.35. The molecule has 3 rings (SSSR count). The molecule has 144 valence electrons. The van der Waals surface area contributed by atoms with Crippen LogP contribution < -0.4 is 14.8 Å². The zero-order valence-corrected chi connectivity index (χ0v) is 15.4. The van der Waals surface area contributed by atoms with Crippen LogP contribution in [0.2, 0.25) is 0 Å². The molecular weight excluding hydrogens is 352 g/mol. The molecule has 2 atom stereocenters. The average Bonchev–Trinajstić information content (AvgIpc) is 3.30. The van der Waals surface area contributed by atoms with E-state index < -0.39 is 17.0 Å². The molecule has 0 aliphatic heterocycles. The number of hydrogen-bond acceptors (Lipinski definition) is 3. The molecule has 1 amide bonds. The van der Waals surface area contributed by atoms with Gasteiger partial charge in [-0.3, -0.25) is 4.79 Å². The van der Waals surface area contributed by atoms with Crippen molar-refractivity contribution < 1.29 is 23.0 Å². The minimum atomic E-state index is -0.604. The summed E-state index contributed by atoms with van der Waals surface area (Å²) in [4.78, 5) is 12.1. The van der Waals surface area contributed by atoms with Crippen LogP contribution in [-0.2, 0) is 10.2 Å². The van der Waals surface area contributed by atoms with E-state index >= 15 is 0 Å². The molecule has 1 aliphatic carbocycles. The summed E-state index contributed by atoms with van der Waals surface area (Å²) in [5.74, 6) is 0.0503.